The van der Waals surface area contributed by atoms with Crippen molar-refractivity contribution in [1.29, 1.82) is 0 Å². The molecule has 1 aromatic carbocycles. The summed E-state index contributed by atoms with van der Waals surface area (Å²) in [5.74, 6) is 0.673. The molecule has 20 heavy (non-hydrogen) atoms. The predicted molar refractivity (Wildman–Crippen MR) is 89.3 cm³/mol. The molecule has 6 heteroatoms. The monoisotopic (exact) mass is 307 g/mol. The van der Waals surface area contributed by atoms with Gasteiger partial charge in [0.25, 0.3) is 0 Å². The van der Waals surface area contributed by atoms with Gasteiger partial charge in [0.15, 0.2) is 5.11 Å². The Hall–Kier alpha value is -1.40. The first kappa shape index (κ1) is 15.0. The van der Waals surface area contributed by atoms with Crippen LogP contribution in [0.1, 0.15) is 26.3 Å². The van der Waals surface area contributed by atoms with E-state index in [1.54, 1.807) is 11.8 Å². The van der Waals surface area contributed by atoms with Crippen molar-refractivity contribution in [1.82, 2.24) is 5.32 Å². The number of amides is 1. The van der Waals surface area contributed by atoms with Crippen molar-refractivity contribution >= 4 is 45.7 Å². The van der Waals surface area contributed by atoms with Crippen LogP contribution in [-0.4, -0.2) is 21.6 Å². The third kappa shape index (κ3) is 3.58. The Morgan fingerprint density at radius 2 is 2.15 bits per heavy atom. The Morgan fingerprint density at radius 3 is 2.75 bits per heavy atom. The highest BCUT2D eigenvalue weighted by atomic mass is 32.2. The molecule has 1 aromatic rings. The molecule has 0 unspecified atom stereocenters. The summed E-state index contributed by atoms with van der Waals surface area (Å²) in [6.07, 6.45) is 0. The van der Waals surface area contributed by atoms with Crippen LogP contribution in [0.15, 0.2) is 29.3 Å². The average molecular weight is 307 g/mol. The largest absolute Gasteiger partial charge is 0.350 e. The van der Waals surface area contributed by atoms with Crippen LogP contribution in [0.4, 0.5) is 5.69 Å². The number of nitrogens with zero attached hydrogens (tertiary/aromatic N) is 1. The summed E-state index contributed by atoms with van der Waals surface area (Å²) < 4.78 is 0. The van der Waals surface area contributed by atoms with Crippen LogP contribution in [0.2, 0.25) is 0 Å². The van der Waals surface area contributed by atoms with Crippen molar-refractivity contribution in [3.8, 4) is 0 Å². The van der Waals surface area contributed by atoms with Gasteiger partial charge >= 0.3 is 0 Å². The summed E-state index contributed by atoms with van der Waals surface area (Å²) in [5.41, 5.74) is 1.70. The molecule has 1 amide bonds. The fourth-order valence-corrected chi connectivity index (χ4v) is 3.41. The second kappa shape index (κ2) is 5.93. The lowest BCUT2D eigenvalue weighted by molar-refractivity contribution is -0.114. The molecule has 0 saturated carbocycles. The van der Waals surface area contributed by atoms with Crippen LogP contribution in [0.3, 0.4) is 0 Å². The average Bonchev–Trinajstić information content (AvgIpc) is 2.60. The van der Waals surface area contributed by atoms with Gasteiger partial charge in [-0.05, 0) is 37.7 Å². The summed E-state index contributed by atoms with van der Waals surface area (Å²) in [6.45, 7) is 5.62. The zero-order valence-electron chi connectivity index (χ0n) is 11.7. The normalized spacial score (nSPS) is 16.6. The molecule has 0 spiro atoms. The van der Waals surface area contributed by atoms with Crippen LogP contribution in [-0.2, 0) is 10.5 Å². The minimum atomic E-state index is -0.218. The highest BCUT2D eigenvalue weighted by molar-refractivity contribution is 8.13. The van der Waals surface area contributed by atoms with Crippen LogP contribution in [0.5, 0.6) is 0 Å². The van der Waals surface area contributed by atoms with Gasteiger partial charge in [0.05, 0.1) is 5.54 Å². The molecule has 0 atom stereocenters. The first-order valence-electron chi connectivity index (χ1n) is 6.28. The number of rotatable bonds is 3. The highest BCUT2D eigenvalue weighted by Crippen LogP contribution is 2.28. The maximum atomic E-state index is 11.2. The summed E-state index contributed by atoms with van der Waals surface area (Å²) in [6, 6.07) is 7.78. The second-order valence-electron chi connectivity index (χ2n) is 5.10. The van der Waals surface area contributed by atoms with Crippen LogP contribution in [0.25, 0.3) is 0 Å². The number of carbonyl (C=O) groups excluding carboxylic acids is 1. The fraction of sp³-hybridized carbons (Fsp3) is 0.357. The van der Waals surface area contributed by atoms with E-state index in [1.165, 1.54) is 6.92 Å². The fourth-order valence-electron chi connectivity index (χ4n) is 1.90. The van der Waals surface area contributed by atoms with Gasteiger partial charge in [0, 0.05) is 18.4 Å². The third-order valence-corrected chi connectivity index (χ3v) is 4.37. The molecule has 0 fully saturated rings. The number of thioether (sulfide) groups is 1. The summed E-state index contributed by atoms with van der Waals surface area (Å²) in [4.78, 5) is 15.6. The quantitative estimate of drug-likeness (QED) is 0.843. The van der Waals surface area contributed by atoms with Crippen LogP contribution < -0.4 is 10.6 Å². The minimum absolute atomic E-state index is 0.0659. The molecule has 106 valence electrons. The number of thiocarbonyl (C=S) groups is 1. The van der Waals surface area contributed by atoms with Crippen LogP contribution in [0, 0.1) is 0 Å². The Balaban J connectivity index is 2.10. The zero-order chi connectivity index (χ0) is 14.8. The number of carbonyl (C=O) groups is 1. The smallest absolute Gasteiger partial charge is 0.221 e. The predicted octanol–water partition coefficient (Wildman–Crippen LogP) is 2.94. The van der Waals surface area contributed by atoms with Gasteiger partial charge in [-0.25, -0.2) is 4.99 Å². The van der Waals surface area contributed by atoms with Gasteiger partial charge in [-0.3, -0.25) is 4.79 Å². The lowest BCUT2D eigenvalue weighted by atomic mass is 10.1. The number of hydrogen-bond acceptors (Lipinski definition) is 3. The maximum absolute atomic E-state index is 11.2. The van der Waals surface area contributed by atoms with Crippen molar-refractivity contribution < 1.29 is 4.79 Å². The molecule has 1 aliphatic rings. The number of hydrogen-bond donors (Lipinski definition) is 2. The molecular weight excluding hydrogens is 290 g/mol. The second-order valence-corrected chi connectivity index (χ2v) is 6.45. The van der Waals surface area contributed by atoms with Gasteiger partial charge in [0.2, 0.25) is 5.91 Å². The van der Waals surface area contributed by atoms with E-state index < -0.39 is 0 Å². The van der Waals surface area contributed by atoms with Crippen molar-refractivity contribution in [2.75, 3.05) is 5.32 Å². The lowest BCUT2D eigenvalue weighted by Gasteiger charge is -2.20. The molecule has 2 rings (SSSR count). The summed E-state index contributed by atoms with van der Waals surface area (Å²) in [7, 11) is 0. The highest BCUT2D eigenvalue weighted by Gasteiger charge is 2.31. The molecule has 0 saturated heterocycles. The molecule has 1 aliphatic heterocycles. The van der Waals surface area contributed by atoms with E-state index in [-0.39, 0.29) is 11.4 Å². The molecule has 0 radical (unpaired) electrons. The molecule has 0 aliphatic carbocycles. The molecule has 1 heterocycles. The number of para-hydroxylation sites is 1. The minimum Gasteiger partial charge on any atom is -0.350 e. The Bertz CT molecular complexity index is 582. The Morgan fingerprint density at radius 1 is 1.45 bits per heavy atom. The first-order valence-corrected chi connectivity index (χ1v) is 7.67. The van der Waals surface area contributed by atoms with Gasteiger partial charge in [-0.15, -0.1) is 11.8 Å². The zero-order valence-corrected chi connectivity index (χ0v) is 13.3. The van der Waals surface area contributed by atoms with Crippen LogP contribution >= 0.6 is 24.0 Å². The van der Waals surface area contributed by atoms with E-state index >= 15 is 0 Å². The van der Waals surface area contributed by atoms with E-state index in [2.05, 4.69) is 29.5 Å². The number of nitrogens with one attached hydrogen (secondary N) is 2. The van der Waals surface area contributed by atoms with Gasteiger partial charge in [-0.2, -0.15) is 0 Å². The van der Waals surface area contributed by atoms with Gasteiger partial charge in [0.1, 0.15) is 5.04 Å². The van der Waals surface area contributed by atoms with E-state index in [0.717, 1.165) is 22.0 Å². The van der Waals surface area contributed by atoms with Crippen molar-refractivity contribution in [3.63, 3.8) is 0 Å². The molecular formula is C14H17N3OS2. The van der Waals surface area contributed by atoms with Crippen molar-refractivity contribution in [2.24, 2.45) is 4.99 Å². The van der Waals surface area contributed by atoms with E-state index in [0.29, 0.717) is 5.11 Å². The molecule has 0 aromatic heterocycles. The number of benzene rings is 1. The topological polar surface area (TPSA) is 53.5 Å². The third-order valence-electron chi connectivity index (χ3n) is 2.85. The van der Waals surface area contributed by atoms with Crippen molar-refractivity contribution in [2.45, 2.75) is 32.1 Å². The standard InChI is InChI=1S/C14H17N3OS2/c1-9(18)15-11-7-5-4-6-10(11)8-20-12-14(2,3)17-13(19)16-12/h4-7H,8H2,1-3H3,(H,15,18)(H,17,19). The molecule has 0 bridgehead atoms. The van der Waals surface area contributed by atoms with Gasteiger partial charge < -0.3 is 10.6 Å². The first-order chi connectivity index (χ1) is 9.38. The molecule has 2 N–H and O–H groups in total. The number of anilines is 1. The Labute approximate surface area is 128 Å². The molecule has 4 nitrogen and oxygen atoms in total. The summed E-state index contributed by atoms with van der Waals surface area (Å²) >= 11 is 6.73. The van der Waals surface area contributed by atoms with E-state index in [4.69, 9.17) is 12.2 Å². The number of aliphatic imine (C=N–C) groups is 1. The Kier molecular flexibility index (Phi) is 4.45. The maximum Gasteiger partial charge on any atom is 0.221 e. The lowest BCUT2D eigenvalue weighted by Crippen LogP contribution is -2.41. The van der Waals surface area contributed by atoms with E-state index in [1.807, 2.05) is 24.3 Å². The SMILES string of the molecule is CC(=O)Nc1ccccc1CSC1=NC(=S)NC1(C)C. The van der Waals surface area contributed by atoms with Gasteiger partial charge in [-0.1, -0.05) is 18.2 Å². The summed E-state index contributed by atoms with van der Waals surface area (Å²) in [5, 5.41) is 7.52. The van der Waals surface area contributed by atoms with Crippen molar-refractivity contribution in [3.05, 3.63) is 29.8 Å². The van der Waals surface area contributed by atoms with E-state index in [9.17, 15) is 4.79 Å².